The summed E-state index contributed by atoms with van der Waals surface area (Å²) in [5.41, 5.74) is -4.41. The molecule has 0 heterocycles. The van der Waals surface area contributed by atoms with E-state index < -0.39 is 94.8 Å². The second-order valence-corrected chi connectivity index (χ2v) is 15.2. The summed E-state index contributed by atoms with van der Waals surface area (Å²) in [7, 11) is 0. The summed E-state index contributed by atoms with van der Waals surface area (Å²) in [6.07, 6.45) is -8.43. The molecule has 0 spiro atoms. The molecule has 1 N–H and O–H groups in total. The number of carbonyl (C=O) groups is 6. The zero-order valence-electron chi connectivity index (χ0n) is 32.3. The second kappa shape index (κ2) is 15.4. The Labute approximate surface area is 319 Å². The fraction of sp³-hybridized carbons (Fsp3) is 0.476. The molecule has 13 nitrogen and oxygen atoms in total. The van der Waals surface area contributed by atoms with Crippen LogP contribution in [0.4, 0.5) is 0 Å². The number of ether oxygens (including phenoxy) is 6. The maximum absolute atomic E-state index is 14.4. The van der Waals surface area contributed by atoms with E-state index in [0.29, 0.717) is 5.57 Å². The number of esters is 6. The van der Waals surface area contributed by atoms with Crippen molar-refractivity contribution in [1.29, 1.82) is 0 Å². The Balaban J connectivity index is 1.95. The summed E-state index contributed by atoms with van der Waals surface area (Å²) in [6.45, 7) is 15.4. The summed E-state index contributed by atoms with van der Waals surface area (Å²) >= 11 is 0. The molecule has 2 fully saturated rings. The van der Waals surface area contributed by atoms with Gasteiger partial charge in [-0.3, -0.25) is 19.2 Å². The van der Waals surface area contributed by atoms with E-state index in [2.05, 4.69) is 6.58 Å². The molecule has 0 aliphatic heterocycles. The molecule has 5 rings (SSSR count). The average molecular weight is 761 g/mol. The van der Waals surface area contributed by atoms with Crippen LogP contribution in [0.2, 0.25) is 0 Å². The quantitative estimate of drug-likeness (QED) is 0.200. The molecule has 55 heavy (non-hydrogen) atoms. The zero-order chi connectivity index (χ0) is 40.6. The van der Waals surface area contributed by atoms with Crippen molar-refractivity contribution >= 4 is 35.8 Å². The number of benzene rings is 2. The number of rotatable bonds is 9. The number of hydrogen-bond acceptors (Lipinski definition) is 13. The molecule has 0 bridgehead atoms. The third-order valence-electron chi connectivity index (χ3n) is 11.3. The molecular formula is C42H48O13. The first-order chi connectivity index (χ1) is 25.7. The zero-order valence-corrected chi connectivity index (χ0v) is 32.3. The Morgan fingerprint density at radius 2 is 1.16 bits per heavy atom. The van der Waals surface area contributed by atoms with Crippen LogP contribution in [0, 0.1) is 16.7 Å². The maximum atomic E-state index is 14.4. The Morgan fingerprint density at radius 1 is 0.691 bits per heavy atom. The lowest BCUT2D eigenvalue weighted by Gasteiger charge is -2.56. The summed E-state index contributed by atoms with van der Waals surface area (Å²) in [5.74, 6) is -5.79. The predicted octanol–water partition coefficient (Wildman–Crippen LogP) is 5.24. The van der Waals surface area contributed by atoms with Gasteiger partial charge in [-0.2, -0.15) is 0 Å². The lowest BCUT2D eigenvalue weighted by atomic mass is 9.54. The first kappa shape index (κ1) is 40.9. The molecule has 2 aromatic carbocycles. The maximum Gasteiger partial charge on any atom is 0.338 e. The van der Waals surface area contributed by atoms with Crippen LogP contribution in [0.15, 0.2) is 84.0 Å². The summed E-state index contributed by atoms with van der Waals surface area (Å²) < 4.78 is 36.9. The standard InChI is InChI=1S/C42H48O13/c1-22-30(50-24(3)43)20-32(52-26(5)45)41(9)34(22)36(55-39(48)29-18-14-11-15-19-29)42(40(7,8)49)21-31(51-25(4)44)23(2)33(42)35(37(41)53-27(6)46)54-38(47)28-16-12-10-13-17-28/h10-19,30-32,34-37,49H,1,20-21H2,2-9H3/t30-,31?,32-,34-,35+,36-,37-,41+,42-/m0/s1. The minimum Gasteiger partial charge on any atom is -0.462 e. The summed E-state index contributed by atoms with van der Waals surface area (Å²) in [4.78, 5) is 80.0. The molecule has 2 aromatic rings. The van der Waals surface area contributed by atoms with Gasteiger partial charge in [-0.1, -0.05) is 49.9 Å². The number of fused-ring (bicyclic) bond motifs is 2. The van der Waals surface area contributed by atoms with Gasteiger partial charge in [0.2, 0.25) is 0 Å². The normalized spacial score (nSPS) is 30.1. The summed E-state index contributed by atoms with van der Waals surface area (Å²) in [6, 6.07) is 16.1. The molecule has 1 unspecified atom stereocenters. The van der Waals surface area contributed by atoms with Gasteiger partial charge in [0.1, 0.15) is 24.4 Å². The van der Waals surface area contributed by atoms with E-state index in [4.69, 9.17) is 28.4 Å². The van der Waals surface area contributed by atoms with Crippen molar-refractivity contribution in [2.45, 2.75) is 110 Å². The van der Waals surface area contributed by atoms with Gasteiger partial charge < -0.3 is 33.5 Å². The molecule has 3 aliphatic carbocycles. The van der Waals surface area contributed by atoms with E-state index in [1.807, 2.05) is 0 Å². The Morgan fingerprint density at radius 3 is 1.64 bits per heavy atom. The van der Waals surface area contributed by atoms with Crippen molar-refractivity contribution in [1.82, 2.24) is 0 Å². The van der Waals surface area contributed by atoms with Crippen LogP contribution in [0.25, 0.3) is 0 Å². The van der Waals surface area contributed by atoms with Gasteiger partial charge in [0.15, 0.2) is 12.2 Å². The molecular weight excluding hydrogens is 712 g/mol. The smallest absolute Gasteiger partial charge is 0.338 e. The molecule has 0 aromatic heterocycles. The topological polar surface area (TPSA) is 178 Å². The molecule has 294 valence electrons. The van der Waals surface area contributed by atoms with Crippen molar-refractivity contribution in [3.05, 3.63) is 95.1 Å². The van der Waals surface area contributed by atoms with Crippen LogP contribution in [-0.4, -0.2) is 83.1 Å². The number of carbonyl (C=O) groups excluding carboxylic acids is 6. The lowest BCUT2D eigenvalue weighted by molar-refractivity contribution is -0.209. The van der Waals surface area contributed by atoms with Crippen LogP contribution >= 0.6 is 0 Å². The van der Waals surface area contributed by atoms with E-state index in [-0.39, 0.29) is 35.1 Å². The highest BCUT2D eigenvalue weighted by Crippen LogP contribution is 2.66. The van der Waals surface area contributed by atoms with Gasteiger partial charge in [0, 0.05) is 46.5 Å². The largest absolute Gasteiger partial charge is 0.462 e. The predicted molar refractivity (Wildman–Crippen MR) is 195 cm³/mol. The van der Waals surface area contributed by atoms with Crippen LogP contribution in [0.3, 0.4) is 0 Å². The van der Waals surface area contributed by atoms with Crippen molar-refractivity contribution in [3.8, 4) is 0 Å². The monoisotopic (exact) mass is 760 g/mol. The van der Waals surface area contributed by atoms with Gasteiger partial charge in [0.25, 0.3) is 0 Å². The highest BCUT2D eigenvalue weighted by Gasteiger charge is 2.74. The SMILES string of the molecule is C=C1[C@@H](OC(C)=O)C[C@H](OC(C)=O)[C@@]2(C)[C@@H](OC(C)=O)[C@H](OC(=O)c3ccccc3)C3=C(C)C(OC(C)=O)C[C@@]3(C(C)(C)O)[C@@H](OC(=O)c3ccccc3)[C@H]12. The van der Waals surface area contributed by atoms with Gasteiger partial charge in [-0.05, 0) is 61.8 Å². The number of aliphatic hydroxyl groups is 1. The minimum atomic E-state index is -1.91. The lowest BCUT2D eigenvalue weighted by Crippen LogP contribution is -2.64. The highest BCUT2D eigenvalue weighted by atomic mass is 16.6. The van der Waals surface area contributed by atoms with E-state index in [0.717, 1.165) is 6.92 Å². The highest BCUT2D eigenvalue weighted by molar-refractivity contribution is 5.90. The van der Waals surface area contributed by atoms with Gasteiger partial charge in [0.05, 0.1) is 27.6 Å². The molecule has 13 heteroatoms. The van der Waals surface area contributed by atoms with Crippen LogP contribution in [0.1, 0.15) is 88.9 Å². The van der Waals surface area contributed by atoms with Gasteiger partial charge in [-0.25, -0.2) is 9.59 Å². The van der Waals surface area contributed by atoms with E-state index in [1.165, 1.54) is 46.8 Å². The first-order valence-electron chi connectivity index (χ1n) is 18.1. The van der Waals surface area contributed by atoms with Gasteiger partial charge in [-0.15, -0.1) is 0 Å². The fourth-order valence-electron chi connectivity index (χ4n) is 9.00. The van der Waals surface area contributed by atoms with E-state index in [9.17, 15) is 33.9 Å². The Hall–Kier alpha value is -5.30. The summed E-state index contributed by atoms with van der Waals surface area (Å²) in [5, 5.41) is 12.7. The van der Waals surface area contributed by atoms with Crippen LogP contribution < -0.4 is 0 Å². The van der Waals surface area contributed by atoms with Crippen molar-refractivity contribution in [2.24, 2.45) is 16.7 Å². The van der Waals surface area contributed by atoms with Crippen molar-refractivity contribution < 1.29 is 62.3 Å². The molecule has 0 saturated heterocycles. The van der Waals surface area contributed by atoms with E-state index in [1.54, 1.807) is 62.4 Å². The third-order valence-corrected chi connectivity index (χ3v) is 11.3. The van der Waals surface area contributed by atoms with Gasteiger partial charge >= 0.3 is 35.8 Å². The van der Waals surface area contributed by atoms with Crippen molar-refractivity contribution in [3.63, 3.8) is 0 Å². The first-order valence-corrected chi connectivity index (χ1v) is 18.1. The second-order valence-electron chi connectivity index (χ2n) is 15.2. The molecule has 0 radical (unpaired) electrons. The van der Waals surface area contributed by atoms with Crippen LogP contribution in [-0.2, 0) is 47.6 Å². The third kappa shape index (κ3) is 7.54. The number of hydrogen-bond donors (Lipinski definition) is 1. The Kier molecular flexibility index (Phi) is 11.5. The van der Waals surface area contributed by atoms with Crippen LogP contribution in [0.5, 0.6) is 0 Å². The van der Waals surface area contributed by atoms with E-state index >= 15 is 0 Å². The average Bonchev–Trinajstić information content (AvgIpc) is 3.36. The van der Waals surface area contributed by atoms with Crippen molar-refractivity contribution in [2.75, 3.05) is 0 Å². The molecule has 3 aliphatic rings. The Bertz CT molecular complexity index is 1890. The minimum absolute atomic E-state index is 0.142. The molecule has 0 amide bonds. The molecule has 2 saturated carbocycles. The fourth-order valence-corrected chi connectivity index (χ4v) is 9.00. The molecule has 9 atom stereocenters.